The number of rotatable bonds is 1. The maximum atomic E-state index is 3.96. The molecule has 4 bridgehead atoms. The second kappa shape index (κ2) is 2.25. The second-order valence-electron chi connectivity index (χ2n) is 4.68. The van der Waals surface area contributed by atoms with Crippen LogP contribution < -0.4 is 0 Å². The summed E-state index contributed by atoms with van der Waals surface area (Å²) in [5.74, 6) is 2.80. The summed E-state index contributed by atoms with van der Waals surface area (Å²) in [6.45, 7) is 3.96. The third-order valence-electron chi connectivity index (χ3n) is 4.15. The lowest BCUT2D eigenvalue weighted by atomic mass is 9.70. The topological polar surface area (TPSA) is 0 Å². The van der Waals surface area contributed by atoms with Crippen LogP contribution >= 0.6 is 0 Å². The van der Waals surface area contributed by atoms with Crippen LogP contribution in [0.5, 0.6) is 0 Å². The summed E-state index contributed by atoms with van der Waals surface area (Å²) in [5.41, 5.74) is 3.68. The van der Waals surface area contributed by atoms with Gasteiger partial charge in [0.1, 0.15) is 0 Å². The van der Waals surface area contributed by atoms with Gasteiger partial charge in [0.05, 0.1) is 0 Å². The van der Waals surface area contributed by atoms with E-state index in [1.165, 1.54) is 32.1 Å². The van der Waals surface area contributed by atoms with Crippen molar-refractivity contribution in [3.63, 3.8) is 0 Å². The molecule has 3 atom stereocenters. The van der Waals surface area contributed by atoms with Gasteiger partial charge < -0.3 is 0 Å². The Morgan fingerprint density at radius 3 is 2.92 bits per heavy atom. The fourth-order valence-electron chi connectivity index (χ4n) is 3.59. The Morgan fingerprint density at radius 2 is 2.25 bits per heavy atom. The van der Waals surface area contributed by atoms with Crippen molar-refractivity contribution >= 4 is 0 Å². The van der Waals surface area contributed by atoms with Gasteiger partial charge in [-0.25, -0.2) is 0 Å². The van der Waals surface area contributed by atoms with E-state index in [-0.39, 0.29) is 0 Å². The summed E-state index contributed by atoms with van der Waals surface area (Å²) in [4.78, 5) is 0. The maximum absolute atomic E-state index is 3.96. The summed E-state index contributed by atoms with van der Waals surface area (Å²) >= 11 is 0. The molecule has 0 aromatic heterocycles. The third-order valence-corrected chi connectivity index (χ3v) is 4.15. The van der Waals surface area contributed by atoms with Crippen molar-refractivity contribution in [1.82, 2.24) is 0 Å². The average molecular weight is 160 g/mol. The molecule has 64 valence electrons. The molecule has 4 aliphatic rings. The lowest BCUT2D eigenvalue weighted by molar-refractivity contribution is 0.296. The Bertz CT molecular complexity index is 259. The molecule has 0 heterocycles. The van der Waals surface area contributed by atoms with Crippen molar-refractivity contribution in [2.24, 2.45) is 17.8 Å². The van der Waals surface area contributed by atoms with E-state index >= 15 is 0 Å². The molecule has 12 heavy (non-hydrogen) atoms. The molecule has 1 saturated carbocycles. The van der Waals surface area contributed by atoms with Crippen LogP contribution in [0.15, 0.2) is 23.8 Å². The number of hydrogen-bond acceptors (Lipinski definition) is 0. The Kier molecular flexibility index (Phi) is 1.30. The van der Waals surface area contributed by atoms with Gasteiger partial charge in [0, 0.05) is 0 Å². The van der Waals surface area contributed by atoms with Gasteiger partial charge in [-0.1, -0.05) is 17.2 Å². The van der Waals surface area contributed by atoms with Crippen molar-refractivity contribution in [2.75, 3.05) is 0 Å². The van der Waals surface area contributed by atoms with Crippen molar-refractivity contribution in [2.45, 2.75) is 32.1 Å². The number of fused-ring (bicyclic) bond motifs is 1. The highest BCUT2D eigenvalue weighted by molar-refractivity contribution is 5.32. The fraction of sp³-hybridized carbons (Fsp3) is 0.667. The van der Waals surface area contributed by atoms with Crippen LogP contribution in [0.3, 0.4) is 0 Å². The standard InChI is InChI=1S/C12H16/c1-2-9-7-10-5-8-3-4-11(10)12(9)6-8/h2,8-9,12H,1,3-7H2/t8-,9?,12?/m1/s1. The average Bonchev–Trinajstić information content (AvgIpc) is 2.39. The monoisotopic (exact) mass is 160 g/mol. The summed E-state index contributed by atoms with van der Waals surface area (Å²) < 4.78 is 0. The van der Waals surface area contributed by atoms with Gasteiger partial charge in [-0.05, 0) is 49.9 Å². The van der Waals surface area contributed by atoms with Gasteiger partial charge in [0.15, 0.2) is 0 Å². The molecule has 0 aromatic rings. The second-order valence-corrected chi connectivity index (χ2v) is 4.68. The SMILES string of the molecule is C=CC1CC2=C3CC[C@H](C2)CC31. The fourth-order valence-corrected chi connectivity index (χ4v) is 3.59. The summed E-state index contributed by atoms with van der Waals surface area (Å²) in [6, 6.07) is 0. The van der Waals surface area contributed by atoms with Crippen LogP contribution in [-0.4, -0.2) is 0 Å². The maximum Gasteiger partial charge on any atom is -0.0132 e. The highest BCUT2D eigenvalue weighted by Crippen LogP contribution is 2.55. The predicted molar refractivity (Wildman–Crippen MR) is 50.8 cm³/mol. The Hall–Kier alpha value is -0.520. The molecule has 0 aromatic carbocycles. The quantitative estimate of drug-likeness (QED) is 0.516. The Labute approximate surface area is 74.4 Å². The molecule has 0 N–H and O–H groups in total. The van der Waals surface area contributed by atoms with Gasteiger partial charge in [-0.2, -0.15) is 0 Å². The van der Waals surface area contributed by atoms with E-state index in [1.807, 2.05) is 11.1 Å². The molecule has 0 amide bonds. The van der Waals surface area contributed by atoms with Crippen LogP contribution in [0, 0.1) is 17.8 Å². The summed E-state index contributed by atoms with van der Waals surface area (Å²) in [6.07, 6.45) is 9.39. The molecule has 0 nitrogen and oxygen atoms in total. The van der Waals surface area contributed by atoms with E-state index in [0.717, 1.165) is 17.8 Å². The first-order valence-electron chi connectivity index (χ1n) is 5.22. The first-order valence-corrected chi connectivity index (χ1v) is 5.22. The molecule has 0 radical (unpaired) electrons. The van der Waals surface area contributed by atoms with E-state index in [4.69, 9.17) is 0 Å². The zero-order valence-electron chi connectivity index (χ0n) is 7.55. The van der Waals surface area contributed by atoms with Gasteiger partial charge in [0.2, 0.25) is 0 Å². The van der Waals surface area contributed by atoms with Crippen LogP contribution in [-0.2, 0) is 0 Å². The summed E-state index contributed by atoms with van der Waals surface area (Å²) in [5, 5.41) is 0. The molecule has 0 spiro atoms. The Balaban J connectivity index is 2.00. The molecule has 1 fully saturated rings. The third kappa shape index (κ3) is 0.734. The van der Waals surface area contributed by atoms with Gasteiger partial charge in [-0.3, -0.25) is 0 Å². The minimum absolute atomic E-state index is 0.820. The Morgan fingerprint density at radius 1 is 1.33 bits per heavy atom. The van der Waals surface area contributed by atoms with E-state index in [9.17, 15) is 0 Å². The molecular formula is C12H16. The molecule has 4 rings (SSSR count). The molecule has 0 aliphatic heterocycles. The highest BCUT2D eigenvalue weighted by atomic mass is 14.5. The first-order chi connectivity index (χ1) is 5.88. The van der Waals surface area contributed by atoms with Crippen molar-refractivity contribution < 1.29 is 0 Å². The molecule has 0 heteroatoms. The molecule has 0 saturated heterocycles. The molecule has 2 unspecified atom stereocenters. The normalized spacial score (nSPS) is 43.8. The highest BCUT2D eigenvalue weighted by Gasteiger charge is 2.42. The molecule has 4 aliphatic carbocycles. The predicted octanol–water partition coefficient (Wildman–Crippen LogP) is 3.31. The number of hydrogen-bond donors (Lipinski definition) is 0. The number of allylic oxidation sites excluding steroid dienone is 3. The lowest BCUT2D eigenvalue weighted by Gasteiger charge is -2.35. The van der Waals surface area contributed by atoms with Crippen molar-refractivity contribution in [3.05, 3.63) is 23.8 Å². The van der Waals surface area contributed by atoms with Gasteiger partial charge >= 0.3 is 0 Å². The zero-order valence-corrected chi connectivity index (χ0v) is 7.55. The first kappa shape index (κ1) is 6.94. The largest absolute Gasteiger partial charge is 0.103 e. The van der Waals surface area contributed by atoms with Crippen LogP contribution in [0.25, 0.3) is 0 Å². The minimum atomic E-state index is 0.820. The smallest absolute Gasteiger partial charge is 0.0132 e. The van der Waals surface area contributed by atoms with E-state index in [1.54, 1.807) is 0 Å². The van der Waals surface area contributed by atoms with Crippen LogP contribution in [0.4, 0.5) is 0 Å². The summed E-state index contributed by atoms with van der Waals surface area (Å²) in [7, 11) is 0. The van der Waals surface area contributed by atoms with Gasteiger partial charge in [0.25, 0.3) is 0 Å². The lowest BCUT2D eigenvalue weighted by Crippen LogP contribution is -2.22. The minimum Gasteiger partial charge on any atom is -0.103 e. The van der Waals surface area contributed by atoms with Crippen LogP contribution in [0.1, 0.15) is 32.1 Å². The van der Waals surface area contributed by atoms with E-state index < -0.39 is 0 Å². The van der Waals surface area contributed by atoms with E-state index in [2.05, 4.69) is 12.7 Å². The molecular weight excluding hydrogens is 144 g/mol. The zero-order chi connectivity index (χ0) is 8.13. The van der Waals surface area contributed by atoms with Gasteiger partial charge in [-0.15, -0.1) is 6.58 Å². The van der Waals surface area contributed by atoms with Crippen molar-refractivity contribution in [3.8, 4) is 0 Å². The van der Waals surface area contributed by atoms with Crippen LogP contribution in [0.2, 0.25) is 0 Å². The van der Waals surface area contributed by atoms with Crippen molar-refractivity contribution in [1.29, 1.82) is 0 Å². The van der Waals surface area contributed by atoms with E-state index in [0.29, 0.717) is 0 Å².